The van der Waals surface area contributed by atoms with Crippen molar-refractivity contribution in [2.24, 2.45) is 5.92 Å². The van der Waals surface area contributed by atoms with Gasteiger partial charge < -0.3 is 19.9 Å². The fraction of sp³-hybridized carbons (Fsp3) is 0.667. The second kappa shape index (κ2) is 8.76. The second-order valence-corrected chi connectivity index (χ2v) is 5.40. The first-order chi connectivity index (χ1) is 9.51. The maximum Gasteiger partial charge on any atom is 0.213 e. The average Bonchev–Trinajstić information content (AvgIpc) is 2.42. The standard InChI is InChI=1S/C15H26N2O3/c1-11(2)7-12(3)20-10-14(18)9-16-13-5-6-15(19-4)17-8-13/h5-6,8,11-12,14,16,18H,7,9-10H2,1-4H3. The van der Waals surface area contributed by atoms with Crippen LogP contribution in [0.5, 0.6) is 5.88 Å². The molecule has 0 aliphatic rings. The molecule has 0 fully saturated rings. The van der Waals surface area contributed by atoms with E-state index in [1.54, 1.807) is 19.4 Å². The van der Waals surface area contributed by atoms with Gasteiger partial charge in [0.05, 0.1) is 37.8 Å². The Kier molecular flexibility index (Phi) is 7.33. The van der Waals surface area contributed by atoms with Gasteiger partial charge in [0.2, 0.25) is 5.88 Å². The Morgan fingerprint density at radius 3 is 2.60 bits per heavy atom. The van der Waals surface area contributed by atoms with Crippen molar-refractivity contribution in [2.45, 2.75) is 39.4 Å². The van der Waals surface area contributed by atoms with E-state index in [1.807, 2.05) is 13.0 Å². The Labute approximate surface area is 121 Å². The van der Waals surface area contributed by atoms with Crippen LogP contribution in [0.4, 0.5) is 5.69 Å². The average molecular weight is 282 g/mol. The minimum absolute atomic E-state index is 0.173. The molecule has 20 heavy (non-hydrogen) atoms. The third kappa shape index (κ3) is 6.73. The molecule has 2 atom stereocenters. The van der Waals surface area contributed by atoms with E-state index < -0.39 is 6.10 Å². The molecule has 5 nitrogen and oxygen atoms in total. The number of ether oxygens (including phenoxy) is 2. The summed E-state index contributed by atoms with van der Waals surface area (Å²) in [5.74, 6) is 1.17. The minimum atomic E-state index is -0.535. The predicted molar refractivity (Wildman–Crippen MR) is 80.2 cm³/mol. The van der Waals surface area contributed by atoms with E-state index in [-0.39, 0.29) is 6.10 Å². The van der Waals surface area contributed by atoms with E-state index >= 15 is 0 Å². The van der Waals surface area contributed by atoms with Gasteiger partial charge in [-0.1, -0.05) is 13.8 Å². The summed E-state index contributed by atoms with van der Waals surface area (Å²) >= 11 is 0. The van der Waals surface area contributed by atoms with Gasteiger partial charge in [0.15, 0.2) is 0 Å². The van der Waals surface area contributed by atoms with Crippen molar-refractivity contribution in [3.8, 4) is 5.88 Å². The van der Waals surface area contributed by atoms with Gasteiger partial charge in [-0.25, -0.2) is 4.98 Å². The molecule has 1 aromatic heterocycles. The Morgan fingerprint density at radius 2 is 2.05 bits per heavy atom. The van der Waals surface area contributed by atoms with Crippen LogP contribution in [-0.2, 0) is 4.74 Å². The fourth-order valence-electron chi connectivity index (χ4n) is 1.91. The van der Waals surface area contributed by atoms with Crippen LogP contribution in [0.3, 0.4) is 0 Å². The number of anilines is 1. The Bertz CT molecular complexity index is 368. The molecule has 0 aliphatic carbocycles. The zero-order valence-corrected chi connectivity index (χ0v) is 12.8. The van der Waals surface area contributed by atoms with Crippen molar-refractivity contribution in [3.63, 3.8) is 0 Å². The lowest BCUT2D eigenvalue weighted by Crippen LogP contribution is -2.27. The van der Waals surface area contributed by atoms with E-state index in [1.165, 1.54) is 0 Å². The van der Waals surface area contributed by atoms with Crippen molar-refractivity contribution in [3.05, 3.63) is 18.3 Å². The smallest absolute Gasteiger partial charge is 0.213 e. The van der Waals surface area contributed by atoms with Crippen molar-refractivity contribution in [2.75, 3.05) is 25.6 Å². The topological polar surface area (TPSA) is 63.6 Å². The van der Waals surface area contributed by atoms with Crippen LogP contribution in [0.2, 0.25) is 0 Å². The number of nitrogens with one attached hydrogen (secondary N) is 1. The van der Waals surface area contributed by atoms with Gasteiger partial charge in [-0.15, -0.1) is 0 Å². The monoisotopic (exact) mass is 282 g/mol. The highest BCUT2D eigenvalue weighted by atomic mass is 16.5. The molecule has 0 radical (unpaired) electrons. The van der Waals surface area contributed by atoms with Gasteiger partial charge in [0.1, 0.15) is 0 Å². The fourth-order valence-corrected chi connectivity index (χ4v) is 1.91. The number of rotatable bonds is 9. The van der Waals surface area contributed by atoms with Gasteiger partial charge in [-0.05, 0) is 25.3 Å². The van der Waals surface area contributed by atoms with E-state index in [9.17, 15) is 5.11 Å². The van der Waals surface area contributed by atoms with E-state index in [0.29, 0.717) is 24.9 Å². The summed E-state index contributed by atoms with van der Waals surface area (Å²) in [7, 11) is 1.58. The molecule has 2 N–H and O–H groups in total. The van der Waals surface area contributed by atoms with Crippen LogP contribution in [0.25, 0.3) is 0 Å². The SMILES string of the molecule is COc1ccc(NCC(O)COC(C)CC(C)C)cn1. The molecule has 0 saturated carbocycles. The first-order valence-electron chi connectivity index (χ1n) is 7.04. The quantitative estimate of drug-likeness (QED) is 0.727. The number of aromatic nitrogens is 1. The molecule has 0 spiro atoms. The van der Waals surface area contributed by atoms with Crippen LogP contribution >= 0.6 is 0 Å². The summed E-state index contributed by atoms with van der Waals surface area (Å²) in [5.41, 5.74) is 0.847. The molecule has 0 bridgehead atoms. The summed E-state index contributed by atoms with van der Waals surface area (Å²) in [5, 5.41) is 13.0. The molecule has 0 aliphatic heterocycles. The molecule has 1 rings (SSSR count). The van der Waals surface area contributed by atoms with Crippen LogP contribution in [-0.4, -0.2) is 42.6 Å². The summed E-state index contributed by atoms with van der Waals surface area (Å²) in [6, 6.07) is 3.64. The normalized spacial score (nSPS) is 14.1. The number of hydrogen-bond donors (Lipinski definition) is 2. The number of aliphatic hydroxyl groups is 1. The maximum atomic E-state index is 9.86. The molecule has 2 unspecified atom stereocenters. The molecule has 1 heterocycles. The lowest BCUT2D eigenvalue weighted by molar-refractivity contribution is -0.00443. The summed E-state index contributed by atoms with van der Waals surface area (Å²) in [6.07, 6.45) is 2.31. The second-order valence-electron chi connectivity index (χ2n) is 5.40. The van der Waals surface area contributed by atoms with Crippen LogP contribution in [0.1, 0.15) is 27.2 Å². The molecule has 0 aromatic carbocycles. The molecular formula is C15H26N2O3. The van der Waals surface area contributed by atoms with Gasteiger partial charge in [-0.3, -0.25) is 0 Å². The first-order valence-corrected chi connectivity index (χ1v) is 7.04. The number of aliphatic hydroxyl groups excluding tert-OH is 1. The zero-order valence-electron chi connectivity index (χ0n) is 12.8. The van der Waals surface area contributed by atoms with E-state index in [2.05, 4.69) is 24.1 Å². The highest BCUT2D eigenvalue weighted by molar-refractivity contribution is 5.42. The van der Waals surface area contributed by atoms with Crippen molar-refractivity contribution < 1.29 is 14.6 Å². The summed E-state index contributed by atoms with van der Waals surface area (Å²) in [4.78, 5) is 4.08. The summed E-state index contributed by atoms with van der Waals surface area (Å²) in [6.45, 7) is 7.13. The van der Waals surface area contributed by atoms with Crippen LogP contribution < -0.4 is 10.1 Å². The minimum Gasteiger partial charge on any atom is -0.481 e. The van der Waals surface area contributed by atoms with Crippen molar-refractivity contribution in [1.82, 2.24) is 4.98 Å². The van der Waals surface area contributed by atoms with Gasteiger partial charge in [0, 0.05) is 12.6 Å². The molecule has 0 saturated heterocycles. The Hall–Kier alpha value is -1.33. The number of methoxy groups -OCH3 is 1. The highest BCUT2D eigenvalue weighted by Gasteiger charge is 2.09. The molecule has 5 heteroatoms. The first kappa shape index (κ1) is 16.7. The van der Waals surface area contributed by atoms with E-state index in [4.69, 9.17) is 9.47 Å². The van der Waals surface area contributed by atoms with Crippen molar-refractivity contribution >= 4 is 5.69 Å². The van der Waals surface area contributed by atoms with E-state index in [0.717, 1.165) is 12.1 Å². The Balaban J connectivity index is 2.23. The number of pyridine rings is 1. The lowest BCUT2D eigenvalue weighted by Gasteiger charge is -2.18. The summed E-state index contributed by atoms with van der Waals surface area (Å²) < 4.78 is 10.6. The van der Waals surface area contributed by atoms with Crippen molar-refractivity contribution in [1.29, 1.82) is 0 Å². The number of nitrogens with zero attached hydrogens (tertiary/aromatic N) is 1. The van der Waals surface area contributed by atoms with Gasteiger partial charge in [0.25, 0.3) is 0 Å². The van der Waals surface area contributed by atoms with Crippen LogP contribution in [0.15, 0.2) is 18.3 Å². The third-order valence-corrected chi connectivity index (χ3v) is 2.86. The molecular weight excluding hydrogens is 256 g/mol. The molecule has 1 aromatic rings. The van der Waals surface area contributed by atoms with Crippen LogP contribution in [0, 0.1) is 5.92 Å². The molecule has 114 valence electrons. The maximum absolute atomic E-state index is 9.86. The lowest BCUT2D eigenvalue weighted by atomic mass is 10.1. The predicted octanol–water partition coefficient (Wildman–Crippen LogP) is 2.31. The Morgan fingerprint density at radius 1 is 1.30 bits per heavy atom. The number of hydrogen-bond acceptors (Lipinski definition) is 5. The highest BCUT2D eigenvalue weighted by Crippen LogP contribution is 2.11. The van der Waals surface area contributed by atoms with Gasteiger partial charge >= 0.3 is 0 Å². The third-order valence-electron chi connectivity index (χ3n) is 2.86. The largest absolute Gasteiger partial charge is 0.481 e. The zero-order chi connectivity index (χ0) is 15.0. The van der Waals surface area contributed by atoms with Gasteiger partial charge in [-0.2, -0.15) is 0 Å². The molecule has 0 amide bonds.